The van der Waals surface area contributed by atoms with Crippen LogP contribution in [0.2, 0.25) is 0 Å². The Kier molecular flexibility index (Phi) is 5.73. The maximum absolute atomic E-state index is 11.9. The average Bonchev–Trinajstić information content (AvgIpc) is 2.51. The summed E-state index contributed by atoms with van der Waals surface area (Å²) in [4.78, 5) is 34.8. The van der Waals surface area contributed by atoms with Crippen LogP contribution in [0.3, 0.4) is 0 Å². The first-order valence-corrected chi connectivity index (χ1v) is 7.93. The number of benzene rings is 1. The number of amides is 3. The molecule has 0 heterocycles. The van der Waals surface area contributed by atoms with Crippen LogP contribution >= 0.6 is 0 Å². The zero-order valence-electron chi connectivity index (χ0n) is 13.5. The maximum atomic E-state index is 11.9. The van der Waals surface area contributed by atoms with Crippen molar-refractivity contribution >= 4 is 29.1 Å². The van der Waals surface area contributed by atoms with Gasteiger partial charge in [-0.25, -0.2) is 0 Å². The van der Waals surface area contributed by atoms with E-state index in [1.807, 2.05) is 0 Å². The van der Waals surface area contributed by atoms with Crippen molar-refractivity contribution in [1.82, 2.24) is 5.32 Å². The van der Waals surface area contributed by atoms with Gasteiger partial charge in [0.2, 0.25) is 5.91 Å². The molecule has 124 valence electrons. The molecule has 6 nitrogen and oxygen atoms in total. The summed E-state index contributed by atoms with van der Waals surface area (Å²) < 4.78 is 0. The fourth-order valence-electron chi connectivity index (χ4n) is 2.68. The van der Waals surface area contributed by atoms with Crippen molar-refractivity contribution in [2.45, 2.75) is 45.6 Å². The van der Waals surface area contributed by atoms with Crippen molar-refractivity contribution in [3.63, 3.8) is 0 Å². The molecule has 0 unspecified atom stereocenters. The predicted octanol–water partition coefficient (Wildman–Crippen LogP) is 2.28. The summed E-state index contributed by atoms with van der Waals surface area (Å²) in [5, 5.41) is 7.98. The number of hydrogen-bond donors (Lipinski definition) is 3. The normalized spacial score (nSPS) is 20.4. The van der Waals surface area contributed by atoms with Gasteiger partial charge >= 0.3 is 11.8 Å². The smallest absolute Gasteiger partial charge is 0.313 e. The van der Waals surface area contributed by atoms with Gasteiger partial charge in [0.05, 0.1) is 0 Å². The highest BCUT2D eigenvalue weighted by Gasteiger charge is 2.22. The molecule has 2 rings (SSSR count). The standard InChI is InChI=1S/C17H23N3O3/c1-11-3-5-14(6-4-11)19-16(22)17(23)20-15-9-7-13(8-10-15)18-12(2)21/h7-11,14H,3-6H2,1-2H3,(H,18,21)(H,19,22)(H,20,23). The first kappa shape index (κ1) is 17.0. The van der Waals surface area contributed by atoms with Gasteiger partial charge in [-0.3, -0.25) is 14.4 Å². The summed E-state index contributed by atoms with van der Waals surface area (Å²) in [5.74, 6) is -0.742. The van der Waals surface area contributed by atoms with Gasteiger partial charge in [0.25, 0.3) is 0 Å². The quantitative estimate of drug-likeness (QED) is 0.747. The van der Waals surface area contributed by atoms with Crippen LogP contribution in [0.15, 0.2) is 24.3 Å². The third-order valence-corrected chi connectivity index (χ3v) is 4.02. The molecule has 0 saturated heterocycles. The Labute approximate surface area is 136 Å². The summed E-state index contributed by atoms with van der Waals surface area (Å²) >= 11 is 0. The molecule has 0 radical (unpaired) electrons. The van der Waals surface area contributed by atoms with E-state index in [1.165, 1.54) is 6.92 Å². The summed E-state index contributed by atoms with van der Waals surface area (Å²) in [6, 6.07) is 6.69. The first-order chi connectivity index (χ1) is 10.9. The second kappa shape index (κ2) is 7.76. The minimum atomic E-state index is -0.670. The molecule has 23 heavy (non-hydrogen) atoms. The minimum absolute atomic E-state index is 0.0894. The van der Waals surface area contributed by atoms with Crippen LogP contribution < -0.4 is 16.0 Å². The average molecular weight is 317 g/mol. The molecule has 0 spiro atoms. The van der Waals surface area contributed by atoms with Gasteiger partial charge < -0.3 is 16.0 Å². The van der Waals surface area contributed by atoms with E-state index < -0.39 is 11.8 Å². The van der Waals surface area contributed by atoms with Crippen LogP contribution in [0.1, 0.15) is 39.5 Å². The molecule has 6 heteroatoms. The Bertz CT molecular complexity index is 575. The third-order valence-electron chi connectivity index (χ3n) is 4.02. The van der Waals surface area contributed by atoms with Crippen LogP contribution in [0, 0.1) is 5.92 Å². The number of carbonyl (C=O) groups excluding carboxylic acids is 3. The van der Waals surface area contributed by atoms with E-state index in [1.54, 1.807) is 24.3 Å². The summed E-state index contributed by atoms with van der Waals surface area (Å²) in [6.45, 7) is 3.63. The molecule has 1 saturated carbocycles. The number of hydrogen-bond acceptors (Lipinski definition) is 3. The molecule has 1 aliphatic rings. The van der Waals surface area contributed by atoms with Gasteiger partial charge in [0, 0.05) is 24.3 Å². The second-order valence-electron chi connectivity index (χ2n) is 6.14. The number of carbonyl (C=O) groups is 3. The highest BCUT2D eigenvalue weighted by Crippen LogP contribution is 2.23. The van der Waals surface area contributed by atoms with Crippen molar-refractivity contribution in [3.8, 4) is 0 Å². The highest BCUT2D eigenvalue weighted by atomic mass is 16.2. The van der Waals surface area contributed by atoms with Gasteiger partial charge in [-0.15, -0.1) is 0 Å². The lowest BCUT2D eigenvalue weighted by molar-refractivity contribution is -0.136. The molecule has 3 amide bonds. The van der Waals surface area contributed by atoms with Crippen molar-refractivity contribution < 1.29 is 14.4 Å². The van der Waals surface area contributed by atoms with E-state index in [0.717, 1.165) is 25.7 Å². The summed E-state index contributed by atoms with van der Waals surface area (Å²) in [6.07, 6.45) is 4.01. The lowest BCUT2D eigenvalue weighted by atomic mass is 9.87. The molecule has 0 aliphatic heterocycles. The summed E-state index contributed by atoms with van der Waals surface area (Å²) in [5.41, 5.74) is 1.15. The maximum Gasteiger partial charge on any atom is 0.313 e. The zero-order chi connectivity index (χ0) is 16.8. The van der Waals surface area contributed by atoms with Crippen molar-refractivity contribution in [3.05, 3.63) is 24.3 Å². The molecular weight excluding hydrogens is 294 g/mol. The van der Waals surface area contributed by atoms with Crippen LogP contribution in [0.4, 0.5) is 11.4 Å². The fraction of sp³-hybridized carbons (Fsp3) is 0.471. The van der Waals surface area contributed by atoms with Crippen molar-refractivity contribution in [2.24, 2.45) is 5.92 Å². The lowest BCUT2D eigenvalue weighted by Crippen LogP contribution is -2.43. The van der Waals surface area contributed by atoms with Crippen molar-refractivity contribution in [1.29, 1.82) is 0 Å². The van der Waals surface area contributed by atoms with Gasteiger partial charge in [-0.1, -0.05) is 6.92 Å². The van der Waals surface area contributed by atoms with Crippen LogP contribution in [-0.4, -0.2) is 23.8 Å². The highest BCUT2D eigenvalue weighted by molar-refractivity contribution is 6.39. The SMILES string of the molecule is CC(=O)Nc1ccc(NC(=O)C(=O)NC2CCC(C)CC2)cc1. The van der Waals surface area contributed by atoms with E-state index in [0.29, 0.717) is 17.3 Å². The van der Waals surface area contributed by atoms with E-state index in [-0.39, 0.29) is 11.9 Å². The van der Waals surface area contributed by atoms with E-state index in [4.69, 9.17) is 0 Å². The molecular formula is C17H23N3O3. The van der Waals surface area contributed by atoms with Gasteiger partial charge in [0.1, 0.15) is 0 Å². The Hall–Kier alpha value is -2.37. The van der Waals surface area contributed by atoms with Gasteiger partial charge in [0.15, 0.2) is 0 Å². The second-order valence-corrected chi connectivity index (χ2v) is 6.14. The lowest BCUT2D eigenvalue weighted by Gasteiger charge is -2.26. The van der Waals surface area contributed by atoms with Crippen LogP contribution in [0.5, 0.6) is 0 Å². The van der Waals surface area contributed by atoms with Crippen LogP contribution in [0.25, 0.3) is 0 Å². The number of nitrogens with one attached hydrogen (secondary N) is 3. The fourth-order valence-corrected chi connectivity index (χ4v) is 2.68. The molecule has 1 fully saturated rings. The van der Waals surface area contributed by atoms with E-state index in [2.05, 4.69) is 22.9 Å². The Morgan fingerprint density at radius 3 is 1.91 bits per heavy atom. The largest absolute Gasteiger partial charge is 0.345 e. The first-order valence-electron chi connectivity index (χ1n) is 7.93. The molecule has 1 aromatic rings. The molecule has 0 atom stereocenters. The minimum Gasteiger partial charge on any atom is -0.345 e. The molecule has 1 aliphatic carbocycles. The summed E-state index contributed by atoms with van der Waals surface area (Å²) in [7, 11) is 0. The topological polar surface area (TPSA) is 87.3 Å². The number of rotatable bonds is 3. The van der Waals surface area contributed by atoms with E-state index >= 15 is 0 Å². The van der Waals surface area contributed by atoms with E-state index in [9.17, 15) is 14.4 Å². The van der Waals surface area contributed by atoms with Gasteiger partial charge in [-0.2, -0.15) is 0 Å². The Balaban J connectivity index is 1.83. The van der Waals surface area contributed by atoms with Crippen LogP contribution in [-0.2, 0) is 14.4 Å². The van der Waals surface area contributed by atoms with Gasteiger partial charge in [-0.05, 0) is 55.9 Å². The monoisotopic (exact) mass is 317 g/mol. The van der Waals surface area contributed by atoms with Crippen molar-refractivity contribution in [2.75, 3.05) is 10.6 Å². The Morgan fingerprint density at radius 1 is 0.870 bits per heavy atom. The zero-order valence-corrected chi connectivity index (χ0v) is 13.5. The molecule has 0 aromatic heterocycles. The Morgan fingerprint density at radius 2 is 1.39 bits per heavy atom. The molecule has 3 N–H and O–H groups in total. The number of anilines is 2. The molecule has 1 aromatic carbocycles. The third kappa shape index (κ3) is 5.39. The molecule has 0 bridgehead atoms. The predicted molar refractivity (Wildman–Crippen MR) is 88.9 cm³/mol.